The molecule has 0 spiro atoms. The van der Waals surface area contributed by atoms with E-state index in [9.17, 15) is 9.59 Å². The lowest BCUT2D eigenvalue weighted by Gasteiger charge is -2.23. The van der Waals surface area contributed by atoms with E-state index in [0.717, 1.165) is 59.7 Å². The molecule has 280 valence electrons. The molecular formula is C39H56N4O8. The molecule has 12 nitrogen and oxygen atoms in total. The van der Waals surface area contributed by atoms with Crippen LogP contribution in [0.4, 0.5) is 11.4 Å². The van der Waals surface area contributed by atoms with Gasteiger partial charge in [-0.1, -0.05) is 12.1 Å². The molecular weight excluding hydrogens is 652 g/mol. The fourth-order valence-corrected chi connectivity index (χ4v) is 5.45. The van der Waals surface area contributed by atoms with Gasteiger partial charge in [-0.05, 0) is 87.2 Å². The number of anilines is 2. The molecule has 0 aliphatic carbocycles. The second-order valence-electron chi connectivity index (χ2n) is 11.9. The van der Waals surface area contributed by atoms with Crippen LogP contribution in [-0.4, -0.2) is 124 Å². The number of carbonyl (C=O) groups is 2. The van der Waals surface area contributed by atoms with Crippen LogP contribution in [0.25, 0.3) is 11.3 Å². The molecule has 2 amide bonds. The first kappa shape index (κ1) is 41.5. The van der Waals surface area contributed by atoms with Crippen LogP contribution in [0.1, 0.15) is 48.2 Å². The fourth-order valence-electron chi connectivity index (χ4n) is 5.45. The first-order valence-electron chi connectivity index (χ1n) is 17.9. The van der Waals surface area contributed by atoms with Crippen molar-refractivity contribution in [3.05, 3.63) is 77.5 Å². The summed E-state index contributed by atoms with van der Waals surface area (Å²) in [6, 6.07) is 17.8. The maximum absolute atomic E-state index is 13.4. The molecule has 0 bridgehead atoms. The standard InChI is InChI=1S/C39H56N4O8/c1-4-42(5-2)34-11-12-36(35(30-34)37-28-31(3)13-15-40-37)41-39(47)33-10-6-8-32(29-33)9-7-20-48-22-24-50-26-27-51-25-23-49-21-14-38(46)43(16-18-44)17-19-45/h6,8,10-13,15,28-30,44-45H,4-5,7,9,14,16-27H2,1-3H3,(H,41,47). The minimum absolute atomic E-state index is 0.142. The van der Waals surface area contributed by atoms with Crippen LogP contribution in [-0.2, 0) is 30.2 Å². The number of ether oxygens (including phenoxy) is 4. The van der Waals surface area contributed by atoms with Crippen LogP contribution >= 0.6 is 0 Å². The van der Waals surface area contributed by atoms with E-state index in [1.165, 1.54) is 4.90 Å². The summed E-state index contributed by atoms with van der Waals surface area (Å²) in [6.45, 7) is 11.6. The molecule has 12 heteroatoms. The zero-order valence-electron chi connectivity index (χ0n) is 30.5. The minimum Gasteiger partial charge on any atom is -0.395 e. The number of pyridine rings is 1. The van der Waals surface area contributed by atoms with Crippen molar-refractivity contribution >= 4 is 23.2 Å². The van der Waals surface area contributed by atoms with Gasteiger partial charge in [-0.3, -0.25) is 14.6 Å². The Morgan fingerprint density at radius 1 is 0.784 bits per heavy atom. The smallest absolute Gasteiger partial charge is 0.255 e. The number of benzene rings is 2. The number of aliphatic hydroxyl groups excluding tert-OH is 2. The van der Waals surface area contributed by atoms with Crippen molar-refractivity contribution < 1.29 is 38.7 Å². The molecule has 0 aliphatic rings. The number of hydrogen-bond donors (Lipinski definition) is 3. The van der Waals surface area contributed by atoms with E-state index in [0.29, 0.717) is 51.8 Å². The maximum atomic E-state index is 13.4. The maximum Gasteiger partial charge on any atom is 0.255 e. The van der Waals surface area contributed by atoms with Gasteiger partial charge in [-0.15, -0.1) is 0 Å². The van der Waals surface area contributed by atoms with Gasteiger partial charge < -0.3 is 44.3 Å². The van der Waals surface area contributed by atoms with Crippen LogP contribution in [0.3, 0.4) is 0 Å². The number of aryl methyl sites for hydroxylation is 2. The third kappa shape index (κ3) is 15.1. The summed E-state index contributed by atoms with van der Waals surface area (Å²) in [6.07, 6.45) is 3.58. The Morgan fingerprint density at radius 2 is 1.43 bits per heavy atom. The van der Waals surface area contributed by atoms with E-state index in [-0.39, 0.29) is 51.1 Å². The number of nitrogens with one attached hydrogen (secondary N) is 1. The molecule has 0 unspecified atom stereocenters. The Morgan fingerprint density at radius 3 is 2.06 bits per heavy atom. The molecule has 1 aromatic heterocycles. The first-order chi connectivity index (χ1) is 24.9. The van der Waals surface area contributed by atoms with Gasteiger partial charge in [-0.2, -0.15) is 0 Å². The summed E-state index contributed by atoms with van der Waals surface area (Å²) in [7, 11) is 0. The van der Waals surface area contributed by atoms with E-state index >= 15 is 0 Å². The van der Waals surface area contributed by atoms with E-state index in [1.807, 2.05) is 55.5 Å². The molecule has 3 rings (SSSR count). The van der Waals surface area contributed by atoms with Gasteiger partial charge in [0.2, 0.25) is 5.91 Å². The summed E-state index contributed by atoms with van der Waals surface area (Å²) < 4.78 is 22.2. The highest BCUT2D eigenvalue weighted by atomic mass is 16.6. The average Bonchev–Trinajstić information content (AvgIpc) is 3.14. The molecule has 1 heterocycles. The minimum atomic E-state index is -0.167. The van der Waals surface area contributed by atoms with Crippen molar-refractivity contribution in [2.24, 2.45) is 0 Å². The lowest BCUT2D eigenvalue weighted by atomic mass is 10.0. The monoisotopic (exact) mass is 708 g/mol. The van der Waals surface area contributed by atoms with Crippen molar-refractivity contribution in [2.75, 3.05) is 102 Å². The lowest BCUT2D eigenvalue weighted by molar-refractivity contribution is -0.133. The van der Waals surface area contributed by atoms with Crippen molar-refractivity contribution in [1.29, 1.82) is 0 Å². The number of carbonyl (C=O) groups excluding carboxylic acids is 2. The predicted octanol–water partition coefficient (Wildman–Crippen LogP) is 4.36. The van der Waals surface area contributed by atoms with Crippen LogP contribution in [0.5, 0.6) is 0 Å². The zero-order chi connectivity index (χ0) is 36.7. The summed E-state index contributed by atoms with van der Waals surface area (Å²) >= 11 is 0. The van der Waals surface area contributed by atoms with Gasteiger partial charge in [0.15, 0.2) is 0 Å². The second kappa shape index (κ2) is 24.3. The highest BCUT2D eigenvalue weighted by Gasteiger charge is 2.15. The third-order valence-corrected chi connectivity index (χ3v) is 8.18. The molecule has 0 fully saturated rings. The first-order valence-corrected chi connectivity index (χ1v) is 17.9. The topological polar surface area (TPSA) is 143 Å². The summed E-state index contributed by atoms with van der Waals surface area (Å²) in [4.78, 5) is 33.7. The van der Waals surface area contributed by atoms with E-state index in [2.05, 4.69) is 35.1 Å². The Bertz CT molecular complexity index is 1450. The normalized spacial score (nSPS) is 11.1. The Labute approximate surface area is 302 Å². The Balaban J connectivity index is 1.31. The number of nitrogens with zero attached hydrogens (tertiary/aromatic N) is 3. The van der Waals surface area contributed by atoms with E-state index < -0.39 is 0 Å². The van der Waals surface area contributed by atoms with Crippen LogP contribution in [0, 0.1) is 6.92 Å². The molecule has 0 radical (unpaired) electrons. The molecule has 51 heavy (non-hydrogen) atoms. The molecule has 3 N–H and O–H groups in total. The van der Waals surface area contributed by atoms with Gasteiger partial charge >= 0.3 is 0 Å². The van der Waals surface area contributed by atoms with E-state index in [1.54, 1.807) is 6.20 Å². The summed E-state index contributed by atoms with van der Waals surface area (Å²) in [5.74, 6) is -0.331. The van der Waals surface area contributed by atoms with Gasteiger partial charge in [0.05, 0.1) is 77.3 Å². The van der Waals surface area contributed by atoms with E-state index in [4.69, 9.17) is 29.2 Å². The Hall–Kier alpha value is -3.91. The number of aliphatic hydroxyl groups is 2. The highest BCUT2D eigenvalue weighted by molar-refractivity contribution is 6.06. The quantitative estimate of drug-likeness (QED) is 0.103. The molecule has 2 aromatic carbocycles. The highest BCUT2D eigenvalue weighted by Crippen LogP contribution is 2.32. The number of rotatable bonds is 26. The van der Waals surface area contributed by atoms with Crippen LogP contribution in [0.2, 0.25) is 0 Å². The second-order valence-corrected chi connectivity index (χ2v) is 11.9. The fraction of sp³-hybridized carbons (Fsp3) is 0.513. The number of aromatic nitrogens is 1. The van der Waals surface area contributed by atoms with Gasteiger partial charge in [-0.25, -0.2) is 0 Å². The van der Waals surface area contributed by atoms with Gasteiger partial charge in [0.25, 0.3) is 5.91 Å². The van der Waals surface area contributed by atoms with Crippen molar-refractivity contribution in [2.45, 2.75) is 40.0 Å². The van der Waals surface area contributed by atoms with Crippen LogP contribution < -0.4 is 10.2 Å². The molecule has 0 saturated carbocycles. The molecule has 0 saturated heterocycles. The third-order valence-electron chi connectivity index (χ3n) is 8.18. The van der Waals surface area contributed by atoms with Crippen molar-refractivity contribution in [1.82, 2.24) is 9.88 Å². The Kier molecular flexibility index (Phi) is 19.8. The summed E-state index contributed by atoms with van der Waals surface area (Å²) in [5.41, 5.74) is 6.28. The average molecular weight is 709 g/mol. The number of hydrogen-bond acceptors (Lipinski definition) is 10. The largest absolute Gasteiger partial charge is 0.395 e. The molecule has 3 aromatic rings. The zero-order valence-corrected chi connectivity index (χ0v) is 30.5. The lowest BCUT2D eigenvalue weighted by Crippen LogP contribution is -2.36. The van der Waals surface area contributed by atoms with Crippen molar-refractivity contribution in [3.8, 4) is 11.3 Å². The van der Waals surface area contributed by atoms with Gasteiger partial charge in [0, 0.05) is 55.8 Å². The molecule has 0 atom stereocenters. The SMILES string of the molecule is CCN(CC)c1ccc(NC(=O)c2cccc(CCCOCCOCCOCCOCCC(=O)N(CCO)CCO)c2)c(-c2cc(C)ccn2)c1. The van der Waals surface area contributed by atoms with Crippen molar-refractivity contribution in [3.63, 3.8) is 0 Å². The van der Waals surface area contributed by atoms with Gasteiger partial charge in [0.1, 0.15) is 0 Å². The predicted molar refractivity (Wildman–Crippen MR) is 199 cm³/mol. The van der Waals surface area contributed by atoms with Crippen LogP contribution in [0.15, 0.2) is 60.8 Å². The summed E-state index contributed by atoms with van der Waals surface area (Å²) in [5, 5.41) is 21.1. The molecule has 0 aliphatic heterocycles. The number of amides is 2.